The van der Waals surface area contributed by atoms with Gasteiger partial charge in [-0.05, 0) is 12.8 Å². The summed E-state index contributed by atoms with van der Waals surface area (Å²) in [4.78, 5) is 33.2. The molecule has 0 amide bonds. The van der Waals surface area contributed by atoms with Crippen LogP contribution in [-0.4, -0.2) is 32.9 Å². The molecule has 21 heavy (non-hydrogen) atoms. The van der Waals surface area contributed by atoms with Gasteiger partial charge in [-0.2, -0.15) is 13.2 Å². The van der Waals surface area contributed by atoms with Crippen LogP contribution in [0.1, 0.15) is 40.0 Å². The van der Waals surface area contributed by atoms with Gasteiger partial charge in [-0.3, -0.25) is 14.4 Å². The van der Waals surface area contributed by atoms with Crippen LogP contribution in [0, 0.1) is 0 Å². The highest BCUT2D eigenvalue weighted by molar-refractivity contribution is 6.65. The van der Waals surface area contributed by atoms with Gasteiger partial charge in [-0.15, -0.1) is 0 Å². The van der Waals surface area contributed by atoms with Crippen LogP contribution in [0.5, 0.6) is 0 Å². The van der Waals surface area contributed by atoms with Crippen molar-refractivity contribution >= 4 is 26.7 Å². The van der Waals surface area contributed by atoms with E-state index < -0.39 is 39.3 Å². The van der Waals surface area contributed by atoms with Crippen LogP contribution in [0.3, 0.4) is 0 Å². The maximum atomic E-state index is 12.1. The van der Waals surface area contributed by atoms with Crippen LogP contribution in [-0.2, 0) is 27.7 Å². The molecular formula is C11H17F3O6Si. The summed E-state index contributed by atoms with van der Waals surface area (Å²) in [5.74, 6) is -2.54. The standard InChI is InChI=1S/C11H17F3O6Si/c1-8(15)18-21(19-9(2)16,20-10(3)17)7-5-4-6-11(12,13)14/h4-7H2,1-3H3. The molecule has 0 bridgehead atoms. The lowest BCUT2D eigenvalue weighted by atomic mass is 10.2. The van der Waals surface area contributed by atoms with E-state index >= 15 is 0 Å². The Morgan fingerprint density at radius 1 is 0.857 bits per heavy atom. The van der Waals surface area contributed by atoms with Crippen LogP contribution in [0.2, 0.25) is 6.04 Å². The summed E-state index contributed by atoms with van der Waals surface area (Å²) in [6.07, 6.45) is -5.67. The molecule has 0 spiro atoms. The smallest absolute Gasteiger partial charge is 0.455 e. The van der Waals surface area contributed by atoms with Crippen molar-refractivity contribution in [3.05, 3.63) is 0 Å². The molecule has 0 saturated carbocycles. The quantitative estimate of drug-likeness (QED) is 0.527. The van der Waals surface area contributed by atoms with Crippen molar-refractivity contribution in [2.75, 3.05) is 0 Å². The van der Waals surface area contributed by atoms with Crippen LogP contribution in [0.15, 0.2) is 0 Å². The molecule has 0 aliphatic heterocycles. The Labute approximate surface area is 120 Å². The number of hydrogen-bond donors (Lipinski definition) is 0. The van der Waals surface area contributed by atoms with Crippen molar-refractivity contribution in [1.82, 2.24) is 0 Å². The predicted molar refractivity (Wildman–Crippen MR) is 65.8 cm³/mol. The molecule has 6 nitrogen and oxygen atoms in total. The highest BCUT2D eigenvalue weighted by Gasteiger charge is 2.51. The van der Waals surface area contributed by atoms with Gasteiger partial charge < -0.3 is 13.3 Å². The molecule has 0 N–H and O–H groups in total. The Kier molecular flexibility index (Phi) is 7.40. The van der Waals surface area contributed by atoms with Crippen molar-refractivity contribution in [3.8, 4) is 0 Å². The maximum absolute atomic E-state index is 12.1. The number of hydrogen-bond acceptors (Lipinski definition) is 6. The Balaban J connectivity index is 4.85. The number of halogens is 3. The number of carbonyl (C=O) groups is 3. The molecule has 122 valence electrons. The van der Waals surface area contributed by atoms with Crippen molar-refractivity contribution in [1.29, 1.82) is 0 Å². The Morgan fingerprint density at radius 3 is 1.52 bits per heavy atom. The van der Waals surface area contributed by atoms with E-state index in [1.807, 2.05) is 0 Å². The molecule has 10 heteroatoms. The van der Waals surface area contributed by atoms with E-state index in [1.54, 1.807) is 0 Å². The van der Waals surface area contributed by atoms with E-state index in [2.05, 4.69) is 0 Å². The SMILES string of the molecule is CC(=O)O[Si](CCCCC(F)(F)F)(OC(C)=O)OC(C)=O. The first-order chi connectivity index (χ1) is 9.46. The van der Waals surface area contributed by atoms with E-state index in [9.17, 15) is 27.6 Å². The van der Waals surface area contributed by atoms with Gasteiger partial charge in [0.2, 0.25) is 0 Å². The third kappa shape index (κ3) is 9.88. The highest BCUT2D eigenvalue weighted by Crippen LogP contribution is 2.26. The number of unbranched alkanes of at least 4 members (excludes halogenated alkanes) is 1. The van der Waals surface area contributed by atoms with Gasteiger partial charge in [0, 0.05) is 27.2 Å². The second-order valence-electron chi connectivity index (χ2n) is 4.29. The van der Waals surface area contributed by atoms with Gasteiger partial charge in [0.25, 0.3) is 17.9 Å². The molecule has 0 unspecified atom stereocenters. The Bertz CT molecular complexity index is 355. The summed E-state index contributed by atoms with van der Waals surface area (Å²) < 4.78 is 50.7. The lowest BCUT2D eigenvalue weighted by Crippen LogP contribution is -2.49. The van der Waals surface area contributed by atoms with Crippen molar-refractivity contribution in [3.63, 3.8) is 0 Å². The molecule has 0 atom stereocenters. The molecule has 0 saturated heterocycles. The molecule has 0 fully saturated rings. The number of rotatable bonds is 7. The second-order valence-corrected chi connectivity index (χ2v) is 6.76. The fourth-order valence-corrected chi connectivity index (χ4v) is 3.97. The first kappa shape index (κ1) is 19.4. The third-order valence-corrected chi connectivity index (χ3v) is 4.85. The van der Waals surface area contributed by atoms with Gasteiger partial charge in [-0.25, -0.2) is 0 Å². The molecular weight excluding hydrogens is 313 g/mol. The molecule has 0 aliphatic carbocycles. The number of alkyl halides is 3. The zero-order chi connectivity index (χ0) is 16.7. The third-order valence-electron chi connectivity index (χ3n) is 2.09. The predicted octanol–water partition coefficient (Wildman–Crippen LogP) is 2.35. The van der Waals surface area contributed by atoms with Gasteiger partial charge in [0.15, 0.2) is 0 Å². The average molecular weight is 330 g/mol. The zero-order valence-electron chi connectivity index (χ0n) is 11.9. The molecule has 0 rings (SSSR count). The second kappa shape index (κ2) is 8.01. The van der Waals surface area contributed by atoms with Gasteiger partial charge >= 0.3 is 15.0 Å². The van der Waals surface area contributed by atoms with Crippen LogP contribution >= 0.6 is 0 Å². The topological polar surface area (TPSA) is 78.9 Å². The van der Waals surface area contributed by atoms with E-state index in [-0.39, 0.29) is 18.9 Å². The minimum absolute atomic E-state index is 0.0699. The summed E-state index contributed by atoms with van der Waals surface area (Å²) in [7, 11) is -4.00. The average Bonchev–Trinajstić information content (AvgIpc) is 2.19. The summed E-state index contributed by atoms with van der Waals surface area (Å²) in [5, 5.41) is 0. The van der Waals surface area contributed by atoms with E-state index in [4.69, 9.17) is 13.3 Å². The minimum Gasteiger partial charge on any atom is -0.455 e. The fraction of sp³-hybridized carbons (Fsp3) is 0.727. The zero-order valence-corrected chi connectivity index (χ0v) is 12.9. The fourth-order valence-electron chi connectivity index (χ4n) is 1.54. The molecule has 0 radical (unpaired) electrons. The first-order valence-electron chi connectivity index (χ1n) is 6.11. The molecule has 0 aromatic rings. The highest BCUT2D eigenvalue weighted by atomic mass is 28.4. The van der Waals surface area contributed by atoms with Crippen LogP contribution in [0.25, 0.3) is 0 Å². The van der Waals surface area contributed by atoms with E-state index in [1.165, 1.54) is 0 Å². The Morgan fingerprint density at radius 2 is 1.24 bits per heavy atom. The van der Waals surface area contributed by atoms with Crippen molar-refractivity contribution in [2.24, 2.45) is 0 Å². The van der Waals surface area contributed by atoms with Crippen LogP contribution < -0.4 is 0 Å². The van der Waals surface area contributed by atoms with Gasteiger partial charge in [0.1, 0.15) is 0 Å². The van der Waals surface area contributed by atoms with E-state index in [0.29, 0.717) is 0 Å². The largest absolute Gasteiger partial charge is 0.705 e. The lowest BCUT2D eigenvalue weighted by molar-refractivity contribution is -0.148. The minimum atomic E-state index is -4.31. The maximum Gasteiger partial charge on any atom is 0.705 e. The summed E-state index contributed by atoms with van der Waals surface area (Å²) in [5.41, 5.74) is 0. The lowest BCUT2D eigenvalue weighted by Gasteiger charge is -2.26. The Hall–Kier alpha value is -1.58. The first-order valence-corrected chi connectivity index (χ1v) is 8.04. The molecule has 0 aliphatic rings. The molecule has 0 aromatic heterocycles. The summed E-state index contributed by atoms with van der Waals surface area (Å²) in [6, 6.07) is -0.248. The molecule has 0 aromatic carbocycles. The summed E-state index contributed by atoms with van der Waals surface area (Å²) >= 11 is 0. The van der Waals surface area contributed by atoms with E-state index in [0.717, 1.165) is 20.8 Å². The van der Waals surface area contributed by atoms with Gasteiger partial charge in [-0.1, -0.05) is 0 Å². The van der Waals surface area contributed by atoms with Crippen molar-refractivity contribution in [2.45, 2.75) is 52.3 Å². The number of carbonyl (C=O) groups excluding carboxylic acids is 3. The monoisotopic (exact) mass is 330 g/mol. The van der Waals surface area contributed by atoms with Crippen LogP contribution in [0.4, 0.5) is 13.2 Å². The molecule has 0 heterocycles. The normalized spacial score (nSPS) is 11.7. The van der Waals surface area contributed by atoms with Gasteiger partial charge in [0.05, 0.1) is 6.04 Å². The summed E-state index contributed by atoms with van der Waals surface area (Å²) in [6.45, 7) is 3.05. The van der Waals surface area contributed by atoms with Crippen molar-refractivity contribution < 1.29 is 40.8 Å².